The fraction of sp³-hybridized carbons (Fsp3) is 0.600. The van der Waals surface area contributed by atoms with Gasteiger partial charge >= 0.3 is 0 Å². The quantitative estimate of drug-likeness (QED) is 0.893. The first kappa shape index (κ1) is 15.0. The standard InChI is InChI=1S/C15H24BrN3/c1-15(2,19-9-7-18-8-10-19)11-14(17)12-5-3-4-6-13(12)16/h3-6,14,18H,7-11,17H2,1-2H3. The highest BCUT2D eigenvalue weighted by Crippen LogP contribution is 2.30. The molecule has 0 saturated carbocycles. The Balaban J connectivity index is 2.04. The summed E-state index contributed by atoms with van der Waals surface area (Å²) in [7, 11) is 0. The van der Waals surface area contributed by atoms with E-state index in [1.165, 1.54) is 5.56 Å². The molecule has 0 spiro atoms. The number of nitrogens with one attached hydrogen (secondary N) is 1. The largest absolute Gasteiger partial charge is 0.324 e. The first-order valence-electron chi connectivity index (χ1n) is 6.96. The number of hydrogen-bond acceptors (Lipinski definition) is 3. The molecule has 0 aliphatic carbocycles. The van der Waals surface area contributed by atoms with Crippen LogP contribution in [0.5, 0.6) is 0 Å². The zero-order valence-corrected chi connectivity index (χ0v) is 13.4. The van der Waals surface area contributed by atoms with E-state index < -0.39 is 0 Å². The van der Waals surface area contributed by atoms with E-state index in [0.717, 1.165) is 37.1 Å². The highest BCUT2D eigenvalue weighted by Gasteiger charge is 2.30. The third-order valence-electron chi connectivity index (χ3n) is 4.00. The number of halogens is 1. The molecule has 0 radical (unpaired) electrons. The van der Waals surface area contributed by atoms with E-state index in [1.807, 2.05) is 6.07 Å². The Labute approximate surface area is 124 Å². The molecule has 1 saturated heterocycles. The average Bonchev–Trinajstić information content (AvgIpc) is 2.39. The van der Waals surface area contributed by atoms with Crippen LogP contribution in [0.4, 0.5) is 0 Å². The van der Waals surface area contributed by atoms with Crippen LogP contribution in [0.25, 0.3) is 0 Å². The van der Waals surface area contributed by atoms with E-state index >= 15 is 0 Å². The highest BCUT2D eigenvalue weighted by molar-refractivity contribution is 9.10. The summed E-state index contributed by atoms with van der Waals surface area (Å²) in [5.74, 6) is 0. The predicted octanol–water partition coefficient (Wildman–Crippen LogP) is 2.52. The molecule has 1 aromatic carbocycles. The van der Waals surface area contributed by atoms with Crippen molar-refractivity contribution >= 4 is 15.9 Å². The first-order chi connectivity index (χ1) is 9.00. The van der Waals surface area contributed by atoms with Crippen LogP contribution >= 0.6 is 15.9 Å². The fourth-order valence-electron chi connectivity index (χ4n) is 2.82. The van der Waals surface area contributed by atoms with Crippen LogP contribution in [0.2, 0.25) is 0 Å². The van der Waals surface area contributed by atoms with E-state index in [9.17, 15) is 0 Å². The third kappa shape index (κ3) is 3.78. The van der Waals surface area contributed by atoms with Crippen molar-refractivity contribution in [3.8, 4) is 0 Å². The zero-order valence-electron chi connectivity index (χ0n) is 11.8. The van der Waals surface area contributed by atoms with Gasteiger partial charge in [0.25, 0.3) is 0 Å². The molecule has 1 aromatic rings. The summed E-state index contributed by atoms with van der Waals surface area (Å²) in [6.45, 7) is 8.97. The van der Waals surface area contributed by atoms with Crippen LogP contribution in [0.1, 0.15) is 31.9 Å². The molecular weight excluding hydrogens is 302 g/mol. The summed E-state index contributed by atoms with van der Waals surface area (Å²) in [5.41, 5.74) is 7.75. The maximum atomic E-state index is 6.42. The minimum absolute atomic E-state index is 0.0699. The molecule has 3 N–H and O–H groups in total. The molecule has 1 aliphatic rings. The lowest BCUT2D eigenvalue weighted by molar-refractivity contribution is 0.0892. The summed E-state index contributed by atoms with van der Waals surface area (Å²) < 4.78 is 1.11. The number of hydrogen-bond donors (Lipinski definition) is 2. The van der Waals surface area contributed by atoms with Crippen molar-refractivity contribution in [3.63, 3.8) is 0 Å². The minimum atomic E-state index is 0.0699. The van der Waals surface area contributed by atoms with Gasteiger partial charge in [0.1, 0.15) is 0 Å². The van der Waals surface area contributed by atoms with Crippen LogP contribution in [0.3, 0.4) is 0 Å². The molecule has 1 unspecified atom stereocenters. The Bertz CT molecular complexity index is 414. The van der Waals surface area contributed by atoms with Crippen molar-refractivity contribution in [1.29, 1.82) is 0 Å². The molecule has 106 valence electrons. The Morgan fingerprint density at radius 2 is 1.95 bits per heavy atom. The van der Waals surface area contributed by atoms with E-state index in [4.69, 9.17) is 5.73 Å². The summed E-state index contributed by atoms with van der Waals surface area (Å²) >= 11 is 3.60. The van der Waals surface area contributed by atoms with Gasteiger partial charge in [-0.2, -0.15) is 0 Å². The Morgan fingerprint density at radius 1 is 1.32 bits per heavy atom. The van der Waals surface area contributed by atoms with E-state index in [0.29, 0.717) is 0 Å². The maximum Gasteiger partial charge on any atom is 0.0323 e. The average molecular weight is 326 g/mol. The van der Waals surface area contributed by atoms with Gasteiger partial charge in [-0.05, 0) is 31.9 Å². The van der Waals surface area contributed by atoms with Crippen molar-refractivity contribution in [2.24, 2.45) is 5.73 Å². The van der Waals surface area contributed by atoms with Crippen LogP contribution in [0, 0.1) is 0 Å². The third-order valence-corrected chi connectivity index (χ3v) is 4.72. The summed E-state index contributed by atoms with van der Waals surface area (Å²) in [5, 5.41) is 3.40. The summed E-state index contributed by atoms with van der Waals surface area (Å²) in [6, 6.07) is 8.33. The second kappa shape index (κ2) is 6.35. The van der Waals surface area contributed by atoms with Crippen LogP contribution in [-0.4, -0.2) is 36.6 Å². The SMILES string of the molecule is CC(C)(CC(N)c1ccccc1Br)N1CCNCC1. The normalized spacial score (nSPS) is 19.4. The van der Waals surface area contributed by atoms with Gasteiger partial charge in [0.05, 0.1) is 0 Å². The topological polar surface area (TPSA) is 41.3 Å². The molecule has 19 heavy (non-hydrogen) atoms. The summed E-state index contributed by atoms with van der Waals surface area (Å²) in [6.07, 6.45) is 0.968. The molecule has 2 rings (SSSR count). The van der Waals surface area contributed by atoms with Gasteiger partial charge in [0, 0.05) is 42.2 Å². The maximum absolute atomic E-state index is 6.42. The monoisotopic (exact) mass is 325 g/mol. The number of nitrogens with zero attached hydrogens (tertiary/aromatic N) is 1. The lowest BCUT2D eigenvalue weighted by atomic mass is 9.89. The number of piperazine rings is 1. The van der Waals surface area contributed by atoms with Crippen molar-refractivity contribution in [1.82, 2.24) is 10.2 Å². The van der Waals surface area contributed by atoms with Gasteiger partial charge in [0.15, 0.2) is 0 Å². The van der Waals surface area contributed by atoms with Gasteiger partial charge in [-0.15, -0.1) is 0 Å². The van der Waals surface area contributed by atoms with Crippen LogP contribution in [-0.2, 0) is 0 Å². The second-order valence-corrected chi connectivity index (χ2v) is 6.74. The molecule has 0 aromatic heterocycles. The van der Waals surface area contributed by atoms with Gasteiger partial charge in [-0.25, -0.2) is 0 Å². The predicted molar refractivity (Wildman–Crippen MR) is 84.2 cm³/mol. The van der Waals surface area contributed by atoms with Crippen molar-refractivity contribution in [2.45, 2.75) is 31.8 Å². The molecule has 0 amide bonds. The lowest BCUT2D eigenvalue weighted by Crippen LogP contribution is -2.54. The van der Waals surface area contributed by atoms with Gasteiger partial charge < -0.3 is 11.1 Å². The number of rotatable bonds is 4. The summed E-state index contributed by atoms with van der Waals surface area (Å²) in [4.78, 5) is 2.54. The lowest BCUT2D eigenvalue weighted by Gasteiger charge is -2.42. The van der Waals surface area contributed by atoms with Crippen molar-refractivity contribution < 1.29 is 0 Å². The smallest absolute Gasteiger partial charge is 0.0323 e. The van der Waals surface area contributed by atoms with E-state index in [-0.39, 0.29) is 11.6 Å². The van der Waals surface area contributed by atoms with Crippen molar-refractivity contribution in [3.05, 3.63) is 34.3 Å². The number of nitrogens with two attached hydrogens (primary N) is 1. The molecule has 0 bridgehead atoms. The van der Waals surface area contributed by atoms with Gasteiger partial charge in [0.2, 0.25) is 0 Å². The Hall–Kier alpha value is -0.420. The van der Waals surface area contributed by atoms with E-state index in [1.54, 1.807) is 0 Å². The minimum Gasteiger partial charge on any atom is -0.324 e. The molecule has 3 nitrogen and oxygen atoms in total. The van der Waals surface area contributed by atoms with Crippen LogP contribution < -0.4 is 11.1 Å². The molecule has 4 heteroatoms. The van der Waals surface area contributed by atoms with Crippen LogP contribution in [0.15, 0.2) is 28.7 Å². The molecule has 1 atom stereocenters. The fourth-order valence-corrected chi connectivity index (χ4v) is 3.40. The molecule has 1 fully saturated rings. The van der Waals surface area contributed by atoms with Gasteiger partial charge in [-0.3, -0.25) is 4.90 Å². The highest BCUT2D eigenvalue weighted by atomic mass is 79.9. The van der Waals surface area contributed by atoms with E-state index in [2.05, 4.69) is 58.2 Å². The van der Waals surface area contributed by atoms with Gasteiger partial charge in [-0.1, -0.05) is 34.1 Å². The molecule has 1 heterocycles. The zero-order chi connectivity index (χ0) is 13.9. The Kier molecular flexibility index (Phi) is 5.01. The number of benzene rings is 1. The Morgan fingerprint density at radius 3 is 2.58 bits per heavy atom. The van der Waals surface area contributed by atoms with Crippen molar-refractivity contribution in [2.75, 3.05) is 26.2 Å². The second-order valence-electron chi connectivity index (χ2n) is 5.88. The first-order valence-corrected chi connectivity index (χ1v) is 7.76. The molecular formula is C15H24BrN3. The molecule has 1 aliphatic heterocycles.